The van der Waals surface area contributed by atoms with Crippen LogP contribution in [0.15, 0.2) is 0 Å². The Morgan fingerprint density at radius 3 is 1.06 bits per heavy atom. The van der Waals surface area contributed by atoms with Gasteiger partial charge >= 0.3 is 59.7 Å². The first kappa shape index (κ1) is 120. The molecule has 11 N–H and O–H groups in total. The smallest absolute Gasteiger partial charge is 0.311 e. The average Bonchev–Trinajstić information content (AvgIpc) is 0.789. The van der Waals surface area contributed by atoms with E-state index < -0.39 is 297 Å². The van der Waals surface area contributed by atoms with E-state index >= 15 is 0 Å². The highest BCUT2D eigenvalue weighted by atomic mass is 19.2. The van der Waals surface area contributed by atoms with Crippen molar-refractivity contribution in [3.63, 3.8) is 0 Å². The molecule has 778 valence electrons. The number of nitrogens with one attached hydrogen (secondary N) is 10. The minimum atomic E-state index is -2.53. The van der Waals surface area contributed by atoms with Gasteiger partial charge in [-0.05, 0) is 83.5 Å². The predicted octanol–water partition coefficient (Wildman–Crippen LogP) is 1.03. The molecule has 0 spiro atoms. The highest BCUT2D eigenvalue weighted by Crippen LogP contribution is 2.34. The average molecular weight is 1990 g/mol. The van der Waals surface area contributed by atoms with Gasteiger partial charge in [0.2, 0.25) is 93.9 Å². The summed E-state index contributed by atoms with van der Waals surface area (Å²) in [7, 11) is 0. The van der Waals surface area contributed by atoms with Crippen molar-refractivity contribution in [2.45, 2.75) is 316 Å². The van der Waals surface area contributed by atoms with Crippen LogP contribution in [0, 0.1) is 29.1 Å². The zero-order valence-electron chi connectivity index (χ0n) is 79.3. The third kappa shape index (κ3) is 48.4. The Bertz CT molecular complexity index is 4060. The van der Waals surface area contributed by atoms with Crippen LogP contribution in [0.5, 0.6) is 5.75 Å². The Hall–Kier alpha value is -12.0. The van der Waals surface area contributed by atoms with Gasteiger partial charge in [-0.2, -0.15) is 8.78 Å². The number of hydrogen-bond acceptors (Lipinski definition) is 36. The van der Waals surface area contributed by atoms with Crippen LogP contribution in [-0.4, -0.2) is 294 Å². The number of carbonyl (C=O) groups excluding carboxylic acids is 20. The Kier molecular flexibility index (Phi) is 56.0. The van der Waals surface area contributed by atoms with Gasteiger partial charge in [0.1, 0.15) is 49.7 Å². The molecule has 0 radical (unpaired) electrons. The molecule has 138 heavy (non-hydrogen) atoms. The standard InChI is InChI=1S/C87H129F5N10O36/c1-47(103)99-75(78(131-54(8)110)59(130-53(7)109)31-44-124-50(4)106)84(123)125-41-16-13-23-62(115)93-35-20-38-96-65(118)28-32-87(102-68(121)26-19-27-69(122)138-81-73(91)71(89)70(88)72(90)74(81)92,33-29-66(119)97-39-21-36-94-63(116)24-14-17-42-126-85-76(100-48(2)104)82(134-57(11)113)79(132-55(9)111)60(136-85)45-128-51(5)107)34-30-67(120)98-40-22-37-95-64(117)25-15-18-43-127-86-77(101-49(3)105)83(135-58(12)114)80(133-56(10)112)61(137-86)46-129-52(6)108/h59-61,75-80,82-86,123H,13-46H2,1-12H3,(H,93,115)(H,94,116)(H,95,117)(H,96,118)(H,97,119)(H,98,120)(H,99,103)(H,100,104)(H,101,105)(H,102,121). The van der Waals surface area contributed by atoms with Crippen molar-refractivity contribution in [3.8, 4) is 5.75 Å². The molecule has 0 aliphatic carbocycles. The van der Waals surface area contributed by atoms with Gasteiger partial charge in [0.05, 0.1) is 6.61 Å². The lowest BCUT2D eigenvalue weighted by Gasteiger charge is -2.44. The molecule has 0 bridgehead atoms. The van der Waals surface area contributed by atoms with E-state index in [1.54, 1.807) is 0 Å². The Labute approximate surface area is 792 Å². The van der Waals surface area contributed by atoms with Gasteiger partial charge in [-0.1, -0.05) is 0 Å². The SMILES string of the molecule is CC(=O)NC(C(O)OCCCCC(=O)NCCCNC(=O)CCC(CCC(=O)NCCCNC(=O)CCCCOC1OC(COC(C)=O)C(OC(C)=O)C(OC(C)=O)C1NC(C)=O)(CCC(=O)NCCCNC(=O)CCCCOC1OC(COC(C)=O)C(OC(C)=O)C(OC(C)=O)C1NC(C)=O)NC(=O)CCCC(=O)Oc1c(F)c(F)c(F)c(F)c1F)C(OC(C)=O)C(CCOC(C)=O)OC(C)=O. The topological polar surface area (TPSA) is 620 Å². The largest absolute Gasteiger partial charge is 0.466 e. The number of rotatable bonds is 64. The van der Waals surface area contributed by atoms with Gasteiger partial charge in [-0.15, -0.1) is 0 Å². The second kappa shape index (κ2) is 64.2. The number of ether oxygens (including phenoxy) is 15. The van der Waals surface area contributed by atoms with E-state index in [9.17, 15) is 123 Å². The zero-order valence-corrected chi connectivity index (χ0v) is 79.3. The first-order valence-electron chi connectivity index (χ1n) is 44.8. The summed E-state index contributed by atoms with van der Waals surface area (Å²) in [6, 6.07) is -4.00. The van der Waals surface area contributed by atoms with E-state index in [1.807, 2.05) is 0 Å². The molecule has 2 heterocycles. The van der Waals surface area contributed by atoms with Crippen LogP contribution in [0.25, 0.3) is 0 Å². The lowest BCUT2D eigenvalue weighted by molar-refractivity contribution is -0.277. The molecule has 51 heteroatoms. The number of aliphatic hydroxyl groups is 1. The van der Waals surface area contributed by atoms with E-state index in [-0.39, 0.29) is 168 Å². The van der Waals surface area contributed by atoms with Crippen molar-refractivity contribution in [1.82, 2.24) is 53.2 Å². The van der Waals surface area contributed by atoms with E-state index in [2.05, 4.69) is 57.9 Å². The van der Waals surface area contributed by atoms with Crippen LogP contribution < -0.4 is 57.9 Å². The number of hydrogen-bond donors (Lipinski definition) is 11. The summed E-state index contributed by atoms with van der Waals surface area (Å²) >= 11 is 0. The van der Waals surface area contributed by atoms with Crippen molar-refractivity contribution in [2.75, 3.05) is 78.9 Å². The molecule has 14 unspecified atom stereocenters. The van der Waals surface area contributed by atoms with Gasteiger partial charge in [0.15, 0.2) is 49.4 Å². The molecule has 2 aliphatic rings. The fraction of sp³-hybridized carbons (Fsp3) is 0.701. The van der Waals surface area contributed by atoms with Gasteiger partial charge in [-0.3, -0.25) is 95.9 Å². The summed E-state index contributed by atoms with van der Waals surface area (Å²) in [5, 5.41) is 37.7. The zero-order chi connectivity index (χ0) is 103. The number of carbonyl (C=O) groups is 20. The number of benzene rings is 1. The second-order valence-electron chi connectivity index (χ2n) is 32.1. The summed E-state index contributed by atoms with van der Waals surface area (Å²) in [6.45, 7) is 11.5. The molecular weight excluding hydrogens is 1860 g/mol. The minimum absolute atomic E-state index is 0.0197. The summed E-state index contributed by atoms with van der Waals surface area (Å²) in [5.74, 6) is -28.8. The Balaban J connectivity index is 1.80. The molecule has 2 fully saturated rings. The van der Waals surface area contributed by atoms with Crippen molar-refractivity contribution in [1.29, 1.82) is 0 Å². The molecule has 0 saturated carbocycles. The van der Waals surface area contributed by atoms with Crippen LogP contribution >= 0.6 is 0 Å². The molecular formula is C87H129F5N10O36. The fourth-order valence-corrected chi connectivity index (χ4v) is 14.1. The fourth-order valence-electron chi connectivity index (χ4n) is 14.1. The first-order valence-corrected chi connectivity index (χ1v) is 44.8. The highest BCUT2D eigenvalue weighted by Gasteiger charge is 2.53. The molecule has 1 aromatic carbocycles. The maximum atomic E-state index is 14.5. The summed E-state index contributed by atoms with van der Waals surface area (Å²) in [4.78, 5) is 253. The molecule has 3 rings (SSSR count). The van der Waals surface area contributed by atoms with Crippen LogP contribution in [-0.2, 0) is 162 Å². The van der Waals surface area contributed by atoms with E-state index in [1.165, 1.54) is 0 Å². The number of esters is 10. The van der Waals surface area contributed by atoms with Crippen molar-refractivity contribution in [3.05, 3.63) is 29.1 Å². The van der Waals surface area contributed by atoms with E-state index in [0.29, 0.717) is 0 Å². The number of halogens is 5. The lowest BCUT2D eigenvalue weighted by Crippen LogP contribution is -2.66. The van der Waals surface area contributed by atoms with Crippen molar-refractivity contribution >= 4 is 119 Å². The van der Waals surface area contributed by atoms with Crippen LogP contribution in [0.2, 0.25) is 0 Å². The molecule has 14 atom stereocenters. The van der Waals surface area contributed by atoms with Gasteiger partial charge in [0.25, 0.3) is 0 Å². The van der Waals surface area contributed by atoms with Crippen LogP contribution in [0.4, 0.5) is 22.0 Å². The minimum Gasteiger partial charge on any atom is -0.466 e. The molecule has 10 amide bonds. The van der Waals surface area contributed by atoms with Crippen LogP contribution in [0.1, 0.15) is 224 Å². The van der Waals surface area contributed by atoms with Crippen molar-refractivity contribution < 1.29 is 194 Å². The van der Waals surface area contributed by atoms with Crippen molar-refractivity contribution in [2.24, 2.45) is 0 Å². The van der Waals surface area contributed by atoms with Gasteiger partial charge in [0, 0.05) is 206 Å². The maximum absolute atomic E-state index is 14.5. The van der Waals surface area contributed by atoms with Crippen LogP contribution in [0.3, 0.4) is 0 Å². The third-order valence-corrected chi connectivity index (χ3v) is 20.2. The Morgan fingerprint density at radius 1 is 0.362 bits per heavy atom. The summed E-state index contributed by atoms with van der Waals surface area (Å²) in [5.41, 5.74) is -1.68. The molecule has 0 aromatic heterocycles. The molecule has 1 aromatic rings. The maximum Gasteiger partial charge on any atom is 0.311 e. The second-order valence-corrected chi connectivity index (χ2v) is 32.1. The third-order valence-electron chi connectivity index (χ3n) is 20.2. The Morgan fingerprint density at radius 2 is 0.710 bits per heavy atom. The first-order chi connectivity index (χ1) is 65.1. The summed E-state index contributed by atoms with van der Waals surface area (Å²) < 4.78 is 153. The monoisotopic (exact) mass is 1980 g/mol. The van der Waals surface area contributed by atoms with Gasteiger partial charge < -0.3 is 129 Å². The molecule has 2 saturated heterocycles. The quantitative estimate of drug-likeness (QED) is 0.00634. The van der Waals surface area contributed by atoms with E-state index in [4.69, 9.17) is 66.3 Å². The highest BCUT2D eigenvalue weighted by molar-refractivity contribution is 5.82. The number of aliphatic hydroxyl groups excluding tert-OH is 1. The molecule has 2 aliphatic heterocycles. The number of unbranched alkanes of at least 4 members (excludes halogenated alkanes) is 3. The molecule has 46 nitrogen and oxygen atoms in total. The predicted molar refractivity (Wildman–Crippen MR) is 460 cm³/mol. The normalized spacial score (nSPS) is 18.9. The van der Waals surface area contributed by atoms with Gasteiger partial charge in [-0.25, -0.2) is 13.2 Å². The number of amides is 10. The lowest BCUT2D eigenvalue weighted by atomic mass is 9.82. The van der Waals surface area contributed by atoms with E-state index in [0.717, 1.165) is 83.1 Å². The summed E-state index contributed by atoms with van der Waals surface area (Å²) in [6.07, 6.45) is -18.3.